The van der Waals surface area contributed by atoms with E-state index in [9.17, 15) is 9.18 Å². The summed E-state index contributed by atoms with van der Waals surface area (Å²) in [5.74, 6) is -0.0845. The number of aromatic amines is 1. The molecule has 1 aromatic carbocycles. The van der Waals surface area contributed by atoms with Crippen LogP contribution in [-0.2, 0) is 12.8 Å². The van der Waals surface area contributed by atoms with E-state index >= 15 is 0 Å². The van der Waals surface area contributed by atoms with Crippen molar-refractivity contribution < 1.29 is 4.39 Å². The third-order valence-corrected chi connectivity index (χ3v) is 3.62. The second-order valence-corrected chi connectivity index (χ2v) is 5.23. The molecular formula is C13H10BrFN2O. The van der Waals surface area contributed by atoms with Crippen molar-refractivity contribution in [3.05, 3.63) is 50.1 Å². The van der Waals surface area contributed by atoms with Crippen molar-refractivity contribution in [2.75, 3.05) is 0 Å². The largest absolute Gasteiger partial charge is 0.306 e. The fourth-order valence-corrected chi connectivity index (χ4v) is 2.61. The van der Waals surface area contributed by atoms with Gasteiger partial charge in [-0.25, -0.2) is 9.37 Å². The number of hydrogen-bond donors (Lipinski definition) is 1. The van der Waals surface area contributed by atoms with E-state index in [2.05, 4.69) is 25.9 Å². The number of fused-ring (bicyclic) bond motifs is 1. The average Bonchev–Trinajstić information content (AvgIpc) is 2.81. The van der Waals surface area contributed by atoms with Gasteiger partial charge in [-0.15, -0.1) is 0 Å². The minimum Gasteiger partial charge on any atom is -0.306 e. The van der Waals surface area contributed by atoms with Gasteiger partial charge in [0.2, 0.25) is 0 Å². The number of benzene rings is 1. The lowest BCUT2D eigenvalue weighted by Gasteiger charge is -2.05. The first-order valence-corrected chi connectivity index (χ1v) is 6.52. The summed E-state index contributed by atoms with van der Waals surface area (Å²) in [5.41, 5.74) is 1.71. The van der Waals surface area contributed by atoms with E-state index < -0.39 is 0 Å². The molecule has 1 aromatic heterocycles. The Bertz CT molecular complexity index is 681. The standard InChI is InChI=1S/C13H10BrFN2O/c14-7-4-5-10(15)9(6-7)12-16-11-3-1-2-8(11)13(18)17-12/h4-6H,1-3H2,(H,16,17,18). The SMILES string of the molecule is O=c1[nH]c(-c2cc(Br)ccc2F)nc2c1CCC2. The highest BCUT2D eigenvalue weighted by molar-refractivity contribution is 9.10. The van der Waals surface area contributed by atoms with Gasteiger partial charge in [0.05, 0.1) is 11.3 Å². The molecule has 0 amide bonds. The normalized spacial score (nSPS) is 13.7. The molecular weight excluding hydrogens is 299 g/mol. The zero-order chi connectivity index (χ0) is 12.7. The van der Waals surface area contributed by atoms with Crippen LogP contribution in [0.2, 0.25) is 0 Å². The van der Waals surface area contributed by atoms with Gasteiger partial charge in [0.25, 0.3) is 5.56 Å². The Morgan fingerprint density at radius 1 is 1.33 bits per heavy atom. The zero-order valence-electron chi connectivity index (χ0n) is 9.46. The van der Waals surface area contributed by atoms with Gasteiger partial charge in [0.15, 0.2) is 0 Å². The summed E-state index contributed by atoms with van der Waals surface area (Å²) in [6, 6.07) is 4.59. The van der Waals surface area contributed by atoms with Crippen molar-refractivity contribution in [1.82, 2.24) is 9.97 Å². The van der Waals surface area contributed by atoms with Crippen molar-refractivity contribution in [1.29, 1.82) is 0 Å². The Morgan fingerprint density at radius 2 is 2.17 bits per heavy atom. The number of aryl methyl sites for hydroxylation is 1. The molecule has 0 radical (unpaired) electrons. The molecule has 0 saturated heterocycles. The van der Waals surface area contributed by atoms with E-state index in [0.717, 1.165) is 35.0 Å². The monoisotopic (exact) mass is 308 g/mol. The summed E-state index contributed by atoms with van der Waals surface area (Å²) in [7, 11) is 0. The van der Waals surface area contributed by atoms with Gasteiger partial charge >= 0.3 is 0 Å². The van der Waals surface area contributed by atoms with Gasteiger partial charge in [0, 0.05) is 10.0 Å². The van der Waals surface area contributed by atoms with Crippen LogP contribution in [-0.4, -0.2) is 9.97 Å². The highest BCUT2D eigenvalue weighted by Gasteiger charge is 2.18. The lowest BCUT2D eigenvalue weighted by Crippen LogP contribution is -2.15. The van der Waals surface area contributed by atoms with E-state index in [-0.39, 0.29) is 11.4 Å². The first-order valence-electron chi connectivity index (χ1n) is 5.72. The van der Waals surface area contributed by atoms with Crippen molar-refractivity contribution >= 4 is 15.9 Å². The fourth-order valence-electron chi connectivity index (χ4n) is 2.25. The van der Waals surface area contributed by atoms with Crippen molar-refractivity contribution in [2.24, 2.45) is 0 Å². The van der Waals surface area contributed by atoms with Crippen LogP contribution < -0.4 is 5.56 Å². The maximum atomic E-state index is 13.8. The first-order chi connectivity index (χ1) is 8.65. The Kier molecular flexibility index (Phi) is 2.78. The number of aromatic nitrogens is 2. The summed E-state index contributed by atoms with van der Waals surface area (Å²) < 4.78 is 14.5. The molecule has 5 heteroatoms. The number of nitrogens with zero attached hydrogens (tertiary/aromatic N) is 1. The molecule has 1 aliphatic carbocycles. The van der Waals surface area contributed by atoms with Gasteiger partial charge in [-0.05, 0) is 37.5 Å². The third kappa shape index (κ3) is 1.88. The molecule has 92 valence electrons. The number of rotatable bonds is 1. The average molecular weight is 309 g/mol. The molecule has 1 aliphatic rings. The van der Waals surface area contributed by atoms with Crippen molar-refractivity contribution in [3.63, 3.8) is 0 Å². The van der Waals surface area contributed by atoms with Gasteiger partial charge in [-0.2, -0.15) is 0 Å². The molecule has 0 bridgehead atoms. The van der Waals surface area contributed by atoms with E-state index in [1.165, 1.54) is 6.07 Å². The molecule has 0 atom stereocenters. The highest BCUT2D eigenvalue weighted by Crippen LogP contribution is 2.25. The second-order valence-electron chi connectivity index (χ2n) is 4.32. The van der Waals surface area contributed by atoms with Gasteiger partial charge in [-0.1, -0.05) is 15.9 Å². The number of hydrogen-bond acceptors (Lipinski definition) is 2. The maximum absolute atomic E-state index is 13.8. The van der Waals surface area contributed by atoms with Crippen LogP contribution in [0.25, 0.3) is 11.4 Å². The molecule has 0 spiro atoms. The molecule has 2 aromatic rings. The highest BCUT2D eigenvalue weighted by atomic mass is 79.9. The Labute approximate surface area is 111 Å². The smallest absolute Gasteiger partial charge is 0.254 e. The summed E-state index contributed by atoms with van der Waals surface area (Å²) in [6.07, 6.45) is 2.50. The maximum Gasteiger partial charge on any atom is 0.254 e. The van der Waals surface area contributed by atoms with Crippen LogP contribution >= 0.6 is 15.9 Å². The quantitative estimate of drug-likeness (QED) is 0.880. The molecule has 1 heterocycles. The summed E-state index contributed by atoms with van der Waals surface area (Å²) in [6.45, 7) is 0. The Hall–Kier alpha value is -1.49. The lowest BCUT2D eigenvalue weighted by molar-refractivity contribution is 0.629. The number of halogens is 2. The Morgan fingerprint density at radius 3 is 3.00 bits per heavy atom. The first kappa shape index (κ1) is 11.6. The van der Waals surface area contributed by atoms with Gasteiger partial charge in [0.1, 0.15) is 11.6 Å². The van der Waals surface area contributed by atoms with Crippen LogP contribution in [0, 0.1) is 5.82 Å². The van der Waals surface area contributed by atoms with Crippen LogP contribution in [0.15, 0.2) is 27.5 Å². The van der Waals surface area contributed by atoms with E-state index in [1.807, 2.05) is 0 Å². The van der Waals surface area contributed by atoms with Crippen LogP contribution in [0.4, 0.5) is 4.39 Å². The van der Waals surface area contributed by atoms with E-state index in [1.54, 1.807) is 12.1 Å². The van der Waals surface area contributed by atoms with Crippen LogP contribution in [0.1, 0.15) is 17.7 Å². The molecule has 0 unspecified atom stereocenters. The van der Waals surface area contributed by atoms with Crippen LogP contribution in [0.5, 0.6) is 0 Å². The molecule has 0 aliphatic heterocycles. The predicted octanol–water partition coefficient (Wildman–Crippen LogP) is 2.83. The summed E-state index contributed by atoms with van der Waals surface area (Å²) in [4.78, 5) is 18.9. The van der Waals surface area contributed by atoms with E-state index in [0.29, 0.717) is 11.4 Å². The molecule has 1 N–H and O–H groups in total. The zero-order valence-corrected chi connectivity index (χ0v) is 11.1. The minimum absolute atomic E-state index is 0.146. The Balaban J connectivity index is 2.21. The van der Waals surface area contributed by atoms with Gasteiger partial charge in [-0.3, -0.25) is 4.79 Å². The number of nitrogens with one attached hydrogen (secondary N) is 1. The van der Waals surface area contributed by atoms with Crippen LogP contribution in [0.3, 0.4) is 0 Å². The van der Waals surface area contributed by atoms with Crippen molar-refractivity contribution in [3.8, 4) is 11.4 Å². The third-order valence-electron chi connectivity index (χ3n) is 3.13. The lowest BCUT2D eigenvalue weighted by atomic mass is 10.2. The number of H-pyrrole nitrogens is 1. The molecule has 0 saturated carbocycles. The minimum atomic E-state index is -0.390. The summed E-state index contributed by atoms with van der Waals surface area (Å²) in [5, 5.41) is 0. The molecule has 3 rings (SSSR count). The van der Waals surface area contributed by atoms with Gasteiger partial charge < -0.3 is 4.98 Å². The fraction of sp³-hybridized carbons (Fsp3) is 0.231. The topological polar surface area (TPSA) is 45.8 Å². The second kappa shape index (κ2) is 4.31. The van der Waals surface area contributed by atoms with Crippen molar-refractivity contribution in [2.45, 2.75) is 19.3 Å². The molecule has 0 fully saturated rings. The molecule has 18 heavy (non-hydrogen) atoms. The molecule has 3 nitrogen and oxygen atoms in total. The summed E-state index contributed by atoms with van der Waals surface area (Å²) >= 11 is 3.29. The predicted molar refractivity (Wildman–Crippen MR) is 70.0 cm³/mol. The van der Waals surface area contributed by atoms with E-state index in [4.69, 9.17) is 0 Å².